The molecule has 0 heterocycles. The molecule has 0 fully saturated rings. The summed E-state index contributed by atoms with van der Waals surface area (Å²) >= 11 is 0. The zero-order valence-electron chi connectivity index (χ0n) is 14.5. The van der Waals surface area contributed by atoms with Crippen LogP contribution in [-0.2, 0) is 4.79 Å². The standard InChI is InChI=1S/C18H13F4N3O4/c19-17(20)28-14-6-3-12(15(7-14)29-18(21)22)9-24-25-16(26)10-27-13-4-1-11(8-23)2-5-13/h1-7,9,17-18H,10H2,(H,25,26)/b24-9-. The molecule has 2 aromatic carbocycles. The molecule has 29 heavy (non-hydrogen) atoms. The Bertz CT molecular complexity index is 899. The molecule has 0 bridgehead atoms. The highest BCUT2D eigenvalue weighted by Crippen LogP contribution is 2.26. The molecule has 152 valence electrons. The Morgan fingerprint density at radius 1 is 1.07 bits per heavy atom. The fourth-order valence-electron chi connectivity index (χ4n) is 1.98. The van der Waals surface area contributed by atoms with Gasteiger partial charge in [0.2, 0.25) is 0 Å². The fraction of sp³-hybridized carbons (Fsp3) is 0.167. The molecule has 0 aliphatic heterocycles. The van der Waals surface area contributed by atoms with Crippen molar-refractivity contribution < 1.29 is 36.6 Å². The van der Waals surface area contributed by atoms with E-state index in [2.05, 4.69) is 20.0 Å². The lowest BCUT2D eigenvalue weighted by Crippen LogP contribution is -2.24. The van der Waals surface area contributed by atoms with Crippen LogP contribution in [0.4, 0.5) is 17.6 Å². The topological polar surface area (TPSA) is 92.9 Å². The lowest BCUT2D eigenvalue weighted by atomic mass is 10.2. The van der Waals surface area contributed by atoms with E-state index in [-0.39, 0.29) is 11.3 Å². The van der Waals surface area contributed by atoms with E-state index in [9.17, 15) is 22.4 Å². The van der Waals surface area contributed by atoms with Gasteiger partial charge in [0.05, 0.1) is 17.8 Å². The number of carbonyl (C=O) groups excluding carboxylic acids is 1. The van der Waals surface area contributed by atoms with Gasteiger partial charge in [-0.05, 0) is 36.4 Å². The summed E-state index contributed by atoms with van der Waals surface area (Å²) in [4.78, 5) is 11.7. The highest BCUT2D eigenvalue weighted by molar-refractivity contribution is 5.85. The number of nitrogens with one attached hydrogen (secondary N) is 1. The molecular weight excluding hydrogens is 398 g/mol. The van der Waals surface area contributed by atoms with Crippen LogP contribution in [0.3, 0.4) is 0 Å². The number of ether oxygens (including phenoxy) is 3. The Morgan fingerprint density at radius 2 is 1.72 bits per heavy atom. The third-order valence-corrected chi connectivity index (χ3v) is 3.17. The second kappa shape index (κ2) is 10.5. The summed E-state index contributed by atoms with van der Waals surface area (Å²) in [7, 11) is 0. The minimum atomic E-state index is -3.21. The quantitative estimate of drug-likeness (QED) is 0.388. The van der Waals surface area contributed by atoms with Crippen molar-refractivity contribution in [1.82, 2.24) is 5.43 Å². The summed E-state index contributed by atoms with van der Waals surface area (Å²) in [6.45, 7) is -6.74. The van der Waals surface area contributed by atoms with Crippen molar-refractivity contribution in [2.45, 2.75) is 13.2 Å². The summed E-state index contributed by atoms with van der Waals surface area (Å²) < 4.78 is 63.0. The molecular formula is C18H13F4N3O4. The number of amides is 1. The number of halogens is 4. The van der Waals surface area contributed by atoms with Gasteiger partial charge >= 0.3 is 13.2 Å². The number of benzene rings is 2. The summed E-state index contributed by atoms with van der Waals surface area (Å²) in [5.41, 5.74) is 2.53. The summed E-state index contributed by atoms with van der Waals surface area (Å²) in [5, 5.41) is 12.3. The van der Waals surface area contributed by atoms with E-state index < -0.39 is 31.5 Å². The molecule has 2 aromatic rings. The van der Waals surface area contributed by atoms with Gasteiger partial charge in [-0.2, -0.15) is 27.9 Å². The monoisotopic (exact) mass is 411 g/mol. The third-order valence-electron chi connectivity index (χ3n) is 3.17. The number of hydrogen-bond acceptors (Lipinski definition) is 6. The Hall–Kier alpha value is -3.81. The molecule has 0 aliphatic rings. The van der Waals surface area contributed by atoms with Crippen molar-refractivity contribution >= 4 is 12.1 Å². The van der Waals surface area contributed by atoms with Crippen LogP contribution < -0.4 is 19.6 Å². The lowest BCUT2D eigenvalue weighted by molar-refractivity contribution is -0.123. The summed E-state index contributed by atoms with van der Waals surface area (Å²) in [6.07, 6.45) is 0.990. The third kappa shape index (κ3) is 7.37. The molecule has 7 nitrogen and oxygen atoms in total. The number of rotatable bonds is 9. The first kappa shape index (κ1) is 21.5. The van der Waals surface area contributed by atoms with Gasteiger partial charge in [0.25, 0.3) is 5.91 Å². The maximum absolute atomic E-state index is 12.5. The second-order valence-corrected chi connectivity index (χ2v) is 5.17. The zero-order valence-corrected chi connectivity index (χ0v) is 14.5. The van der Waals surface area contributed by atoms with Crippen LogP contribution in [0.2, 0.25) is 0 Å². The fourth-order valence-corrected chi connectivity index (χ4v) is 1.98. The molecule has 0 aromatic heterocycles. The normalized spacial score (nSPS) is 10.8. The van der Waals surface area contributed by atoms with Crippen LogP contribution in [0.15, 0.2) is 47.6 Å². The van der Waals surface area contributed by atoms with Crippen LogP contribution >= 0.6 is 0 Å². The average molecular weight is 411 g/mol. The minimum absolute atomic E-state index is 0.0137. The van der Waals surface area contributed by atoms with Crippen LogP contribution in [0.5, 0.6) is 17.2 Å². The van der Waals surface area contributed by atoms with Crippen molar-refractivity contribution in [3.05, 3.63) is 53.6 Å². The van der Waals surface area contributed by atoms with Gasteiger partial charge in [-0.1, -0.05) is 0 Å². The molecule has 0 radical (unpaired) electrons. The van der Waals surface area contributed by atoms with E-state index in [0.29, 0.717) is 11.3 Å². The largest absolute Gasteiger partial charge is 0.484 e. The number of nitrogens with zero attached hydrogens (tertiary/aromatic N) is 2. The second-order valence-electron chi connectivity index (χ2n) is 5.17. The lowest BCUT2D eigenvalue weighted by Gasteiger charge is -2.10. The molecule has 2 rings (SSSR count). The zero-order chi connectivity index (χ0) is 21.2. The van der Waals surface area contributed by atoms with Crippen molar-refractivity contribution in [2.24, 2.45) is 5.10 Å². The molecule has 1 amide bonds. The predicted octanol–water partition coefficient (Wildman–Crippen LogP) is 3.29. The Kier molecular flexibility index (Phi) is 7.78. The minimum Gasteiger partial charge on any atom is -0.484 e. The highest BCUT2D eigenvalue weighted by Gasteiger charge is 2.12. The van der Waals surface area contributed by atoms with Crippen molar-refractivity contribution in [2.75, 3.05) is 6.61 Å². The Labute approximate surface area is 162 Å². The molecule has 0 aliphatic carbocycles. The molecule has 0 unspecified atom stereocenters. The summed E-state index contributed by atoms with van der Waals surface area (Å²) in [6, 6.07) is 11.1. The van der Waals surface area contributed by atoms with Crippen LogP contribution in [0, 0.1) is 11.3 Å². The van der Waals surface area contributed by atoms with Crippen molar-refractivity contribution in [3.63, 3.8) is 0 Å². The SMILES string of the molecule is N#Cc1ccc(OCC(=O)N/N=C\c2ccc(OC(F)F)cc2OC(F)F)cc1. The van der Waals surface area contributed by atoms with E-state index in [1.165, 1.54) is 24.3 Å². The van der Waals surface area contributed by atoms with Crippen LogP contribution in [0.1, 0.15) is 11.1 Å². The number of hydrazone groups is 1. The summed E-state index contributed by atoms with van der Waals surface area (Å²) in [5.74, 6) is -1.15. The van der Waals surface area contributed by atoms with Gasteiger partial charge in [0, 0.05) is 11.6 Å². The smallest absolute Gasteiger partial charge is 0.387 e. The van der Waals surface area contributed by atoms with E-state index in [1.54, 1.807) is 0 Å². The van der Waals surface area contributed by atoms with Gasteiger partial charge in [-0.25, -0.2) is 5.43 Å². The van der Waals surface area contributed by atoms with Gasteiger partial charge in [0.1, 0.15) is 17.2 Å². The molecule has 0 saturated heterocycles. The van der Waals surface area contributed by atoms with E-state index in [1.807, 2.05) is 6.07 Å². The molecule has 11 heteroatoms. The number of carbonyl (C=O) groups is 1. The maximum Gasteiger partial charge on any atom is 0.387 e. The van der Waals surface area contributed by atoms with Crippen LogP contribution in [-0.4, -0.2) is 32.0 Å². The van der Waals surface area contributed by atoms with Gasteiger partial charge < -0.3 is 14.2 Å². The van der Waals surface area contributed by atoms with E-state index in [4.69, 9.17) is 10.00 Å². The number of hydrogen-bond donors (Lipinski definition) is 1. The number of alkyl halides is 4. The molecule has 1 N–H and O–H groups in total. The maximum atomic E-state index is 12.5. The Morgan fingerprint density at radius 3 is 2.34 bits per heavy atom. The van der Waals surface area contributed by atoms with Gasteiger partial charge in [-0.15, -0.1) is 0 Å². The first-order valence-corrected chi connectivity index (χ1v) is 7.86. The number of nitriles is 1. The van der Waals surface area contributed by atoms with Crippen LogP contribution in [0.25, 0.3) is 0 Å². The van der Waals surface area contributed by atoms with E-state index >= 15 is 0 Å². The molecule has 0 atom stereocenters. The first-order chi connectivity index (χ1) is 13.9. The van der Waals surface area contributed by atoms with Crippen molar-refractivity contribution in [3.8, 4) is 23.3 Å². The van der Waals surface area contributed by atoms with Crippen molar-refractivity contribution in [1.29, 1.82) is 5.26 Å². The van der Waals surface area contributed by atoms with E-state index in [0.717, 1.165) is 24.4 Å². The Balaban J connectivity index is 1.95. The van der Waals surface area contributed by atoms with Gasteiger partial charge in [-0.3, -0.25) is 4.79 Å². The molecule has 0 saturated carbocycles. The first-order valence-electron chi connectivity index (χ1n) is 7.86. The average Bonchev–Trinajstić information content (AvgIpc) is 2.67. The predicted molar refractivity (Wildman–Crippen MR) is 92.1 cm³/mol. The highest BCUT2D eigenvalue weighted by atomic mass is 19.3. The van der Waals surface area contributed by atoms with Gasteiger partial charge in [0.15, 0.2) is 6.61 Å². The molecule has 0 spiro atoms.